The standard InChI is InChI=1S/C24H12N6/c1-27-21-10-4-9-20(13-21)24-29-22(18-7-2-5-16(11-18)14-25)28-23(30-24)19-8-3-6-17(12-19)15-26/h2-13H. The molecule has 4 rings (SSSR count). The monoisotopic (exact) mass is 384 g/mol. The van der Waals surface area contributed by atoms with Gasteiger partial charge in [-0.1, -0.05) is 42.5 Å². The number of rotatable bonds is 3. The fourth-order valence-electron chi connectivity index (χ4n) is 2.93. The van der Waals surface area contributed by atoms with E-state index in [0.29, 0.717) is 51.0 Å². The molecule has 6 heteroatoms. The third kappa shape index (κ3) is 3.73. The van der Waals surface area contributed by atoms with Gasteiger partial charge in [0.2, 0.25) is 0 Å². The highest BCUT2D eigenvalue weighted by atomic mass is 15.0. The lowest BCUT2D eigenvalue weighted by Gasteiger charge is -2.09. The van der Waals surface area contributed by atoms with Gasteiger partial charge in [0.15, 0.2) is 23.2 Å². The molecule has 0 spiro atoms. The Hall–Kier alpha value is -4.86. The normalized spacial score (nSPS) is 9.90. The van der Waals surface area contributed by atoms with E-state index in [9.17, 15) is 10.5 Å². The fraction of sp³-hybridized carbons (Fsp3) is 0. The van der Waals surface area contributed by atoms with E-state index in [-0.39, 0.29) is 0 Å². The summed E-state index contributed by atoms with van der Waals surface area (Å²) in [6.07, 6.45) is 0. The van der Waals surface area contributed by atoms with Crippen LogP contribution in [0.25, 0.3) is 39.0 Å². The van der Waals surface area contributed by atoms with E-state index in [1.807, 2.05) is 18.2 Å². The Kier molecular flexibility index (Phi) is 4.95. The second kappa shape index (κ2) is 8.02. The molecular weight excluding hydrogens is 372 g/mol. The molecule has 0 N–H and O–H groups in total. The van der Waals surface area contributed by atoms with Crippen LogP contribution < -0.4 is 0 Å². The van der Waals surface area contributed by atoms with Gasteiger partial charge in [-0.25, -0.2) is 19.8 Å². The van der Waals surface area contributed by atoms with E-state index in [1.165, 1.54) is 0 Å². The Labute approximate surface area is 173 Å². The van der Waals surface area contributed by atoms with Crippen molar-refractivity contribution in [1.29, 1.82) is 10.5 Å². The summed E-state index contributed by atoms with van der Waals surface area (Å²) in [5, 5.41) is 18.5. The number of aromatic nitrogens is 3. The summed E-state index contributed by atoms with van der Waals surface area (Å²) >= 11 is 0. The average molecular weight is 384 g/mol. The minimum atomic E-state index is 0.405. The van der Waals surface area contributed by atoms with Crippen molar-refractivity contribution in [2.45, 2.75) is 0 Å². The molecule has 1 heterocycles. The van der Waals surface area contributed by atoms with E-state index in [0.717, 1.165) is 0 Å². The number of nitriles is 2. The van der Waals surface area contributed by atoms with Crippen molar-refractivity contribution in [3.8, 4) is 46.3 Å². The van der Waals surface area contributed by atoms with Gasteiger partial charge >= 0.3 is 0 Å². The summed E-state index contributed by atoms with van der Waals surface area (Å²) in [4.78, 5) is 17.2. The zero-order valence-electron chi connectivity index (χ0n) is 15.6. The van der Waals surface area contributed by atoms with Gasteiger partial charge in [-0.3, -0.25) is 0 Å². The van der Waals surface area contributed by atoms with Crippen molar-refractivity contribution < 1.29 is 0 Å². The SMILES string of the molecule is [C-]#[N+]c1cccc(-c2nc(-c3cccc(C#N)c3)nc(-c3cccc(C#N)c3)n2)c1. The van der Waals surface area contributed by atoms with E-state index in [1.54, 1.807) is 54.6 Å². The summed E-state index contributed by atoms with van der Waals surface area (Å²) in [6.45, 7) is 7.26. The van der Waals surface area contributed by atoms with Crippen molar-refractivity contribution >= 4 is 5.69 Å². The predicted molar refractivity (Wildman–Crippen MR) is 112 cm³/mol. The summed E-state index contributed by atoms with van der Waals surface area (Å²) in [6, 6.07) is 25.3. The van der Waals surface area contributed by atoms with E-state index < -0.39 is 0 Å². The van der Waals surface area contributed by atoms with Crippen molar-refractivity contribution in [2.75, 3.05) is 0 Å². The van der Waals surface area contributed by atoms with Crippen LogP contribution in [0.5, 0.6) is 0 Å². The van der Waals surface area contributed by atoms with E-state index >= 15 is 0 Å². The van der Waals surface area contributed by atoms with Crippen LogP contribution >= 0.6 is 0 Å². The minimum absolute atomic E-state index is 0.405. The lowest BCUT2D eigenvalue weighted by molar-refractivity contribution is 1.07. The number of hydrogen-bond donors (Lipinski definition) is 0. The molecule has 0 aliphatic rings. The largest absolute Gasteiger partial charge is 0.238 e. The third-order valence-corrected chi connectivity index (χ3v) is 4.37. The van der Waals surface area contributed by atoms with Gasteiger partial charge in [0.1, 0.15) is 0 Å². The van der Waals surface area contributed by atoms with Gasteiger partial charge < -0.3 is 0 Å². The summed E-state index contributed by atoms with van der Waals surface area (Å²) < 4.78 is 0. The molecule has 0 aliphatic heterocycles. The van der Waals surface area contributed by atoms with Crippen LogP contribution in [0.15, 0.2) is 72.8 Å². The molecule has 0 unspecified atom stereocenters. The molecule has 3 aromatic carbocycles. The van der Waals surface area contributed by atoms with Crippen molar-refractivity contribution in [3.05, 3.63) is 95.3 Å². The van der Waals surface area contributed by atoms with Crippen LogP contribution in [-0.4, -0.2) is 15.0 Å². The second-order valence-corrected chi connectivity index (χ2v) is 6.35. The maximum Gasteiger partial charge on any atom is 0.187 e. The molecule has 138 valence electrons. The van der Waals surface area contributed by atoms with Crippen LogP contribution in [0.2, 0.25) is 0 Å². The third-order valence-electron chi connectivity index (χ3n) is 4.37. The van der Waals surface area contributed by atoms with Gasteiger partial charge in [0.05, 0.1) is 29.8 Å². The highest BCUT2D eigenvalue weighted by Gasteiger charge is 2.13. The highest BCUT2D eigenvalue weighted by molar-refractivity contribution is 5.69. The first-order valence-corrected chi connectivity index (χ1v) is 8.95. The summed E-state index contributed by atoms with van der Waals surface area (Å²) in [7, 11) is 0. The molecule has 0 atom stereocenters. The summed E-state index contributed by atoms with van der Waals surface area (Å²) in [5.41, 5.74) is 3.51. The topological polar surface area (TPSA) is 90.6 Å². The molecule has 0 bridgehead atoms. The molecule has 0 saturated heterocycles. The van der Waals surface area contributed by atoms with E-state index in [4.69, 9.17) is 6.57 Å². The Morgan fingerprint density at radius 3 is 1.50 bits per heavy atom. The first kappa shape index (κ1) is 18.5. The second-order valence-electron chi connectivity index (χ2n) is 6.35. The smallest absolute Gasteiger partial charge is 0.187 e. The number of nitrogens with zero attached hydrogens (tertiary/aromatic N) is 6. The maximum atomic E-state index is 9.23. The average Bonchev–Trinajstić information content (AvgIpc) is 2.83. The van der Waals surface area contributed by atoms with Crippen molar-refractivity contribution in [2.24, 2.45) is 0 Å². The van der Waals surface area contributed by atoms with Gasteiger partial charge in [-0.05, 0) is 30.3 Å². The first-order chi connectivity index (χ1) is 14.7. The van der Waals surface area contributed by atoms with Gasteiger partial charge in [0.25, 0.3) is 0 Å². The lowest BCUT2D eigenvalue weighted by atomic mass is 10.1. The zero-order valence-corrected chi connectivity index (χ0v) is 15.6. The lowest BCUT2D eigenvalue weighted by Crippen LogP contribution is -2.00. The number of hydrogen-bond acceptors (Lipinski definition) is 5. The van der Waals surface area contributed by atoms with Crippen LogP contribution in [-0.2, 0) is 0 Å². The molecule has 0 aliphatic carbocycles. The van der Waals surface area contributed by atoms with Crippen molar-refractivity contribution in [3.63, 3.8) is 0 Å². The molecular formula is C24H12N6. The van der Waals surface area contributed by atoms with Crippen LogP contribution in [0.3, 0.4) is 0 Å². The van der Waals surface area contributed by atoms with Gasteiger partial charge in [-0.15, -0.1) is 0 Å². The molecule has 30 heavy (non-hydrogen) atoms. The van der Waals surface area contributed by atoms with Crippen molar-refractivity contribution in [1.82, 2.24) is 15.0 Å². The molecule has 0 fully saturated rings. The van der Waals surface area contributed by atoms with E-state index in [2.05, 4.69) is 31.9 Å². The molecule has 0 amide bonds. The molecule has 1 aromatic heterocycles. The number of benzene rings is 3. The maximum absolute atomic E-state index is 9.23. The highest BCUT2D eigenvalue weighted by Crippen LogP contribution is 2.27. The first-order valence-electron chi connectivity index (χ1n) is 8.95. The molecule has 0 radical (unpaired) electrons. The Balaban J connectivity index is 1.95. The van der Waals surface area contributed by atoms with Gasteiger partial charge in [0, 0.05) is 16.7 Å². The summed E-state index contributed by atoms with van der Waals surface area (Å²) in [5.74, 6) is 1.22. The quantitative estimate of drug-likeness (QED) is 0.455. The molecule has 0 saturated carbocycles. The predicted octanol–water partition coefficient (Wildman–Crippen LogP) is 5.17. The van der Waals surface area contributed by atoms with Crippen LogP contribution in [0, 0.1) is 29.2 Å². The molecule has 4 aromatic rings. The zero-order chi connectivity index (χ0) is 20.9. The fourth-order valence-corrected chi connectivity index (χ4v) is 2.93. The van der Waals surface area contributed by atoms with Crippen LogP contribution in [0.1, 0.15) is 11.1 Å². The van der Waals surface area contributed by atoms with Crippen LogP contribution in [0.4, 0.5) is 5.69 Å². The Bertz CT molecular complexity index is 1200. The minimum Gasteiger partial charge on any atom is -0.238 e. The Morgan fingerprint density at radius 1 is 0.633 bits per heavy atom. The van der Waals surface area contributed by atoms with Gasteiger partial charge in [-0.2, -0.15) is 10.5 Å². The molecule has 6 nitrogen and oxygen atoms in total. The Morgan fingerprint density at radius 2 is 1.07 bits per heavy atom.